The van der Waals surface area contributed by atoms with Crippen molar-refractivity contribution in [3.05, 3.63) is 35.6 Å². The van der Waals surface area contributed by atoms with Crippen LogP contribution in [0.4, 0.5) is 4.39 Å². The summed E-state index contributed by atoms with van der Waals surface area (Å²) in [5, 5.41) is 8.87. The van der Waals surface area contributed by atoms with E-state index in [0.717, 1.165) is 13.2 Å². The number of carbonyl (C=O) groups excluding carboxylic acids is 2. The fourth-order valence-electron chi connectivity index (χ4n) is 1.55. The molecule has 18 heavy (non-hydrogen) atoms. The molecular formula is C13H12FNO3. The molecule has 0 aliphatic heterocycles. The van der Waals surface area contributed by atoms with E-state index in [2.05, 4.69) is 4.74 Å². The Morgan fingerprint density at radius 2 is 2.00 bits per heavy atom. The van der Waals surface area contributed by atoms with E-state index >= 15 is 0 Å². The van der Waals surface area contributed by atoms with E-state index in [1.807, 2.05) is 0 Å². The van der Waals surface area contributed by atoms with Gasteiger partial charge in [0.25, 0.3) is 0 Å². The highest BCUT2D eigenvalue weighted by Crippen LogP contribution is 2.20. The molecule has 0 fully saturated rings. The Morgan fingerprint density at radius 3 is 2.50 bits per heavy atom. The second-order valence-electron chi connectivity index (χ2n) is 3.76. The quantitative estimate of drug-likeness (QED) is 0.604. The average Bonchev–Trinajstić information content (AvgIpc) is 2.38. The molecule has 0 spiro atoms. The van der Waals surface area contributed by atoms with Crippen LogP contribution in [0.3, 0.4) is 0 Å². The molecule has 0 saturated carbocycles. The predicted octanol–water partition coefficient (Wildman–Crippen LogP) is 1.96. The third-order valence-electron chi connectivity index (χ3n) is 2.65. The van der Waals surface area contributed by atoms with Crippen molar-refractivity contribution >= 4 is 11.8 Å². The van der Waals surface area contributed by atoms with E-state index in [1.54, 1.807) is 6.07 Å². The van der Waals surface area contributed by atoms with E-state index in [4.69, 9.17) is 5.26 Å². The van der Waals surface area contributed by atoms with Crippen molar-refractivity contribution in [3.8, 4) is 6.07 Å². The summed E-state index contributed by atoms with van der Waals surface area (Å²) in [6.07, 6.45) is 0. The molecule has 0 unspecified atom stereocenters. The number of carbonyl (C=O) groups is 2. The van der Waals surface area contributed by atoms with Crippen LogP contribution in [0.5, 0.6) is 0 Å². The molecule has 0 bridgehead atoms. The zero-order valence-corrected chi connectivity index (χ0v) is 10.0. The Kier molecular flexibility index (Phi) is 4.55. The molecular weight excluding hydrogens is 237 g/mol. The summed E-state index contributed by atoms with van der Waals surface area (Å²) < 4.78 is 17.9. The standard InChI is InChI=1S/C13H12FNO3/c1-8(10(7-15)13(17)18-2)12(16)9-5-3-4-6-11(9)14/h3-6,8,10H,1-2H3/t8-,10-/m1/s1. The fraction of sp³-hybridized carbons (Fsp3) is 0.308. The van der Waals surface area contributed by atoms with Gasteiger partial charge in [0.15, 0.2) is 11.7 Å². The largest absolute Gasteiger partial charge is 0.468 e. The number of ketones is 1. The SMILES string of the molecule is COC(=O)[C@H](C#N)[C@@H](C)C(=O)c1ccccc1F. The van der Waals surface area contributed by atoms with Crippen LogP contribution in [0.2, 0.25) is 0 Å². The van der Waals surface area contributed by atoms with Crippen molar-refractivity contribution in [1.29, 1.82) is 5.26 Å². The zero-order valence-electron chi connectivity index (χ0n) is 10.0. The van der Waals surface area contributed by atoms with Gasteiger partial charge in [0.1, 0.15) is 5.82 Å². The first kappa shape index (κ1) is 13.8. The minimum Gasteiger partial charge on any atom is -0.468 e. The number of hydrogen-bond donors (Lipinski definition) is 0. The summed E-state index contributed by atoms with van der Waals surface area (Å²) in [4.78, 5) is 23.3. The molecule has 2 atom stereocenters. The van der Waals surface area contributed by atoms with Crippen LogP contribution in [0, 0.1) is 29.0 Å². The molecule has 0 N–H and O–H groups in total. The molecule has 0 amide bonds. The Bertz CT molecular complexity index is 507. The van der Waals surface area contributed by atoms with E-state index in [0.29, 0.717) is 0 Å². The first-order valence-corrected chi connectivity index (χ1v) is 5.29. The number of nitriles is 1. The molecule has 4 nitrogen and oxygen atoms in total. The minimum atomic E-state index is -1.23. The lowest BCUT2D eigenvalue weighted by Gasteiger charge is -2.14. The van der Waals surface area contributed by atoms with E-state index in [-0.39, 0.29) is 5.56 Å². The topological polar surface area (TPSA) is 67.2 Å². The van der Waals surface area contributed by atoms with Crippen LogP contribution in [-0.4, -0.2) is 18.9 Å². The Labute approximate surface area is 104 Å². The number of hydrogen-bond acceptors (Lipinski definition) is 4. The number of benzene rings is 1. The molecule has 0 radical (unpaired) electrons. The molecule has 0 heterocycles. The molecule has 5 heteroatoms. The summed E-state index contributed by atoms with van der Waals surface area (Å²) in [5.41, 5.74) is -0.130. The van der Waals surface area contributed by atoms with Gasteiger partial charge in [0.2, 0.25) is 0 Å². The average molecular weight is 249 g/mol. The van der Waals surface area contributed by atoms with Crippen LogP contribution in [-0.2, 0) is 9.53 Å². The van der Waals surface area contributed by atoms with Gasteiger partial charge in [0, 0.05) is 5.92 Å². The summed E-state index contributed by atoms with van der Waals surface area (Å²) in [5.74, 6) is -4.25. The highest BCUT2D eigenvalue weighted by atomic mass is 19.1. The molecule has 0 aliphatic rings. The Balaban J connectivity index is 3.01. The predicted molar refractivity (Wildman–Crippen MR) is 61.0 cm³/mol. The van der Waals surface area contributed by atoms with Gasteiger partial charge in [0.05, 0.1) is 18.7 Å². The second kappa shape index (κ2) is 5.92. The van der Waals surface area contributed by atoms with E-state index in [9.17, 15) is 14.0 Å². The highest BCUT2D eigenvalue weighted by Gasteiger charge is 2.32. The van der Waals surface area contributed by atoms with E-state index < -0.39 is 29.4 Å². The van der Waals surface area contributed by atoms with Gasteiger partial charge in [-0.05, 0) is 12.1 Å². The smallest absolute Gasteiger partial charge is 0.323 e. The molecule has 1 aromatic rings. The van der Waals surface area contributed by atoms with Gasteiger partial charge < -0.3 is 4.74 Å². The van der Waals surface area contributed by atoms with Gasteiger partial charge in [-0.15, -0.1) is 0 Å². The van der Waals surface area contributed by atoms with Crippen LogP contribution in [0.1, 0.15) is 17.3 Å². The number of ether oxygens (including phenoxy) is 1. The van der Waals surface area contributed by atoms with Gasteiger partial charge >= 0.3 is 5.97 Å². The normalized spacial score (nSPS) is 13.2. The molecule has 0 aromatic heterocycles. The van der Waals surface area contributed by atoms with Crippen LogP contribution in [0.15, 0.2) is 24.3 Å². The van der Waals surface area contributed by atoms with Crippen molar-refractivity contribution < 1.29 is 18.7 Å². The first-order valence-electron chi connectivity index (χ1n) is 5.29. The van der Waals surface area contributed by atoms with Crippen molar-refractivity contribution in [3.63, 3.8) is 0 Å². The summed E-state index contributed by atoms with van der Waals surface area (Å²) >= 11 is 0. The number of methoxy groups -OCH3 is 1. The number of Topliss-reactive ketones (excluding diaryl/α,β-unsaturated/α-hetero) is 1. The number of halogens is 1. The third kappa shape index (κ3) is 2.72. The third-order valence-corrected chi connectivity index (χ3v) is 2.65. The summed E-state index contributed by atoms with van der Waals surface area (Å²) in [6.45, 7) is 1.40. The number of nitrogens with zero attached hydrogens (tertiary/aromatic N) is 1. The maximum atomic E-state index is 13.4. The first-order chi connectivity index (χ1) is 8.52. The molecule has 1 rings (SSSR count). The lowest BCUT2D eigenvalue weighted by molar-refractivity contribution is -0.144. The zero-order chi connectivity index (χ0) is 13.7. The molecule has 0 aliphatic carbocycles. The van der Waals surface area contributed by atoms with Crippen LogP contribution < -0.4 is 0 Å². The van der Waals surface area contributed by atoms with Crippen molar-refractivity contribution in [2.75, 3.05) is 7.11 Å². The lowest BCUT2D eigenvalue weighted by Crippen LogP contribution is -2.28. The van der Waals surface area contributed by atoms with Gasteiger partial charge in [-0.1, -0.05) is 19.1 Å². The van der Waals surface area contributed by atoms with Crippen LogP contribution in [0.25, 0.3) is 0 Å². The Hall–Kier alpha value is -2.22. The maximum absolute atomic E-state index is 13.4. The second-order valence-corrected chi connectivity index (χ2v) is 3.76. The maximum Gasteiger partial charge on any atom is 0.323 e. The van der Waals surface area contributed by atoms with Crippen molar-refractivity contribution in [2.24, 2.45) is 11.8 Å². The van der Waals surface area contributed by atoms with E-state index in [1.165, 1.54) is 25.1 Å². The Morgan fingerprint density at radius 1 is 1.39 bits per heavy atom. The van der Waals surface area contributed by atoms with Crippen molar-refractivity contribution in [1.82, 2.24) is 0 Å². The lowest BCUT2D eigenvalue weighted by atomic mass is 9.88. The fourth-order valence-corrected chi connectivity index (χ4v) is 1.55. The van der Waals surface area contributed by atoms with Gasteiger partial charge in [-0.25, -0.2) is 4.39 Å². The van der Waals surface area contributed by atoms with Crippen LogP contribution >= 0.6 is 0 Å². The highest BCUT2D eigenvalue weighted by molar-refractivity contribution is 6.00. The number of rotatable bonds is 4. The van der Waals surface area contributed by atoms with Crippen molar-refractivity contribution in [2.45, 2.75) is 6.92 Å². The molecule has 1 aromatic carbocycles. The summed E-state index contributed by atoms with van der Waals surface area (Å²) in [6, 6.07) is 7.15. The number of esters is 1. The molecule has 0 saturated heterocycles. The summed E-state index contributed by atoms with van der Waals surface area (Å²) in [7, 11) is 1.13. The molecule has 94 valence electrons. The van der Waals surface area contributed by atoms with Gasteiger partial charge in [-0.3, -0.25) is 9.59 Å². The van der Waals surface area contributed by atoms with Gasteiger partial charge in [-0.2, -0.15) is 5.26 Å². The minimum absolute atomic E-state index is 0.130. The monoisotopic (exact) mass is 249 g/mol.